The lowest BCUT2D eigenvalue weighted by molar-refractivity contribution is 0.640. The normalized spacial score (nSPS) is 10.3. The number of halogens is 1. The van der Waals surface area contributed by atoms with E-state index in [4.69, 9.17) is 0 Å². The summed E-state index contributed by atoms with van der Waals surface area (Å²) in [5, 5.41) is 7.57. The van der Waals surface area contributed by atoms with Crippen LogP contribution in [-0.2, 0) is 0 Å². The Balaban J connectivity index is 2.86. The van der Waals surface area contributed by atoms with Gasteiger partial charge in [0.1, 0.15) is 5.82 Å². The predicted molar refractivity (Wildman–Crippen MR) is 63.0 cm³/mol. The number of rotatable bonds is 2. The van der Waals surface area contributed by atoms with Crippen molar-refractivity contribution in [2.75, 3.05) is 24.7 Å². The monoisotopic (exact) mass is 204 g/mol. The summed E-state index contributed by atoms with van der Waals surface area (Å²) < 4.78 is 13.7. The minimum absolute atomic E-state index is 0.200. The zero-order chi connectivity index (χ0) is 10.8. The predicted octanol–water partition coefficient (Wildman–Crippen LogP) is 3.06. The van der Waals surface area contributed by atoms with Crippen molar-refractivity contribution in [1.29, 1.82) is 0 Å². The van der Waals surface area contributed by atoms with E-state index in [9.17, 15) is 4.39 Å². The standard InChI is InChI=1S/C12H13FN2/c1-14-10-7-6-9(13)12-8(10)4-3-5-11(12)15-2/h3-7,14-15H,1-2H3. The van der Waals surface area contributed by atoms with Gasteiger partial charge in [-0.25, -0.2) is 4.39 Å². The van der Waals surface area contributed by atoms with E-state index < -0.39 is 0 Å². The molecule has 0 aliphatic carbocycles. The van der Waals surface area contributed by atoms with Gasteiger partial charge in [-0.15, -0.1) is 0 Å². The van der Waals surface area contributed by atoms with Gasteiger partial charge in [-0.3, -0.25) is 0 Å². The van der Waals surface area contributed by atoms with Crippen LogP contribution < -0.4 is 10.6 Å². The fourth-order valence-electron chi connectivity index (χ4n) is 1.79. The van der Waals surface area contributed by atoms with Gasteiger partial charge in [0.25, 0.3) is 0 Å². The zero-order valence-electron chi connectivity index (χ0n) is 8.76. The Morgan fingerprint density at radius 1 is 0.933 bits per heavy atom. The molecule has 2 rings (SSSR count). The number of anilines is 2. The Hall–Kier alpha value is -1.77. The molecule has 0 heterocycles. The molecule has 0 amide bonds. The van der Waals surface area contributed by atoms with Crippen LogP contribution >= 0.6 is 0 Å². The largest absolute Gasteiger partial charge is 0.388 e. The van der Waals surface area contributed by atoms with Crippen LogP contribution in [0, 0.1) is 5.82 Å². The van der Waals surface area contributed by atoms with Gasteiger partial charge in [-0.1, -0.05) is 12.1 Å². The molecule has 0 fully saturated rings. The van der Waals surface area contributed by atoms with E-state index >= 15 is 0 Å². The van der Waals surface area contributed by atoms with Crippen molar-refractivity contribution in [2.45, 2.75) is 0 Å². The Kier molecular flexibility index (Phi) is 2.46. The van der Waals surface area contributed by atoms with Crippen molar-refractivity contribution in [2.24, 2.45) is 0 Å². The van der Waals surface area contributed by atoms with Crippen LogP contribution in [0.3, 0.4) is 0 Å². The zero-order valence-corrected chi connectivity index (χ0v) is 8.76. The molecular formula is C12H13FN2. The van der Waals surface area contributed by atoms with Gasteiger partial charge < -0.3 is 10.6 Å². The molecule has 0 aliphatic rings. The fourth-order valence-corrected chi connectivity index (χ4v) is 1.79. The Morgan fingerprint density at radius 3 is 2.33 bits per heavy atom. The lowest BCUT2D eigenvalue weighted by Crippen LogP contribution is -1.95. The van der Waals surface area contributed by atoms with Crippen molar-refractivity contribution in [3.05, 3.63) is 36.1 Å². The molecule has 3 heteroatoms. The molecule has 0 saturated heterocycles. The van der Waals surface area contributed by atoms with Crippen LogP contribution in [0.15, 0.2) is 30.3 Å². The summed E-state index contributed by atoms with van der Waals surface area (Å²) in [6.07, 6.45) is 0. The second kappa shape index (κ2) is 3.77. The topological polar surface area (TPSA) is 24.1 Å². The minimum Gasteiger partial charge on any atom is -0.388 e. The maximum Gasteiger partial charge on any atom is 0.133 e. The molecule has 78 valence electrons. The number of hydrogen-bond donors (Lipinski definition) is 2. The van der Waals surface area contributed by atoms with Gasteiger partial charge >= 0.3 is 0 Å². The molecule has 2 aromatic rings. The van der Waals surface area contributed by atoms with E-state index in [0.29, 0.717) is 5.39 Å². The highest BCUT2D eigenvalue weighted by Gasteiger charge is 2.07. The highest BCUT2D eigenvalue weighted by molar-refractivity contribution is 6.01. The second-order valence-corrected chi connectivity index (χ2v) is 3.32. The van der Waals surface area contributed by atoms with Crippen LogP contribution in [0.2, 0.25) is 0 Å². The summed E-state index contributed by atoms with van der Waals surface area (Å²) in [6.45, 7) is 0. The lowest BCUT2D eigenvalue weighted by atomic mass is 10.1. The summed E-state index contributed by atoms with van der Waals surface area (Å²) >= 11 is 0. The quantitative estimate of drug-likeness (QED) is 0.785. The summed E-state index contributed by atoms with van der Waals surface area (Å²) in [4.78, 5) is 0. The summed E-state index contributed by atoms with van der Waals surface area (Å²) in [5.41, 5.74) is 1.74. The highest BCUT2D eigenvalue weighted by atomic mass is 19.1. The summed E-state index contributed by atoms with van der Waals surface area (Å²) in [6, 6.07) is 8.91. The molecule has 2 aromatic carbocycles. The molecule has 0 saturated carbocycles. The summed E-state index contributed by atoms with van der Waals surface area (Å²) in [7, 11) is 3.62. The van der Waals surface area contributed by atoms with Gasteiger partial charge in [0.2, 0.25) is 0 Å². The molecule has 2 nitrogen and oxygen atoms in total. The smallest absolute Gasteiger partial charge is 0.133 e. The molecule has 15 heavy (non-hydrogen) atoms. The fraction of sp³-hybridized carbons (Fsp3) is 0.167. The van der Waals surface area contributed by atoms with E-state index in [-0.39, 0.29) is 5.82 Å². The van der Waals surface area contributed by atoms with Gasteiger partial charge in [-0.2, -0.15) is 0 Å². The van der Waals surface area contributed by atoms with Gasteiger partial charge in [0.05, 0.1) is 0 Å². The van der Waals surface area contributed by atoms with Crippen molar-refractivity contribution >= 4 is 22.1 Å². The van der Waals surface area contributed by atoms with Crippen LogP contribution in [0.5, 0.6) is 0 Å². The van der Waals surface area contributed by atoms with Crippen LogP contribution in [-0.4, -0.2) is 14.1 Å². The average Bonchev–Trinajstić information content (AvgIpc) is 2.29. The molecular weight excluding hydrogens is 191 g/mol. The summed E-state index contributed by atoms with van der Waals surface area (Å²) in [5.74, 6) is -0.200. The first-order valence-corrected chi connectivity index (χ1v) is 4.84. The molecule has 0 aliphatic heterocycles. The lowest BCUT2D eigenvalue weighted by Gasteiger charge is -2.10. The third-order valence-electron chi connectivity index (χ3n) is 2.53. The maximum absolute atomic E-state index is 13.7. The maximum atomic E-state index is 13.7. The highest BCUT2D eigenvalue weighted by Crippen LogP contribution is 2.31. The van der Waals surface area contributed by atoms with Crippen molar-refractivity contribution < 1.29 is 4.39 Å². The molecule has 0 bridgehead atoms. The third-order valence-corrected chi connectivity index (χ3v) is 2.53. The first-order chi connectivity index (χ1) is 7.27. The Labute approximate surface area is 88.1 Å². The first kappa shape index (κ1) is 9.77. The molecule has 0 unspecified atom stereocenters. The van der Waals surface area contributed by atoms with E-state index in [2.05, 4.69) is 10.6 Å². The van der Waals surface area contributed by atoms with Crippen LogP contribution in [0.4, 0.5) is 15.8 Å². The number of benzene rings is 2. The van der Waals surface area contributed by atoms with Gasteiger partial charge in [-0.05, 0) is 18.2 Å². The number of hydrogen-bond acceptors (Lipinski definition) is 2. The van der Waals surface area contributed by atoms with E-state index in [1.165, 1.54) is 6.07 Å². The molecule has 0 radical (unpaired) electrons. The number of nitrogens with one attached hydrogen (secondary N) is 2. The van der Waals surface area contributed by atoms with Gasteiger partial charge in [0, 0.05) is 36.2 Å². The number of fused-ring (bicyclic) bond motifs is 1. The average molecular weight is 204 g/mol. The Bertz CT molecular complexity index is 494. The molecule has 0 aromatic heterocycles. The van der Waals surface area contributed by atoms with Crippen molar-refractivity contribution in [3.8, 4) is 0 Å². The van der Waals surface area contributed by atoms with Crippen LogP contribution in [0.25, 0.3) is 10.8 Å². The van der Waals surface area contributed by atoms with Crippen LogP contribution in [0.1, 0.15) is 0 Å². The third kappa shape index (κ3) is 1.50. The molecule has 0 spiro atoms. The van der Waals surface area contributed by atoms with Crippen molar-refractivity contribution in [3.63, 3.8) is 0 Å². The van der Waals surface area contributed by atoms with E-state index in [0.717, 1.165) is 16.8 Å². The first-order valence-electron chi connectivity index (χ1n) is 4.84. The molecule has 2 N–H and O–H groups in total. The minimum atomic E-state index is -0.200. The van der Waals surface area contributed by atoms with E-state index in [1.807, 2.05) is 25.2 Å². The van der Waals surface area contributed by atoms with E-state index in [1.54, 1.807) is 13.1 Å². The molecule has 0 atom stereocenters. The SMILES string of the molecule is CNc1ccc(F)c2c(NC)cccc12. The Morgan fingerprint density at radius 2 is 1.67 bits per heavy atom. The van der Waals surface area contributed by atoms with Crippen molar-refractivity contribution in [1.82, 2.24) is 0 Å². The second-order valence-electron chi connectivity index (χ2n) is 3.32. The van der Waals surface area contributed by atoms with Gasteiger partial charge in [0.15, 0.2) is 0 Å².